The van der Waals surface area contributed by atoms with Crippen molar-refractivity contribution in [3.05, 3.63) is 35.1 Å². The first-order valence-corrected chi connectivity index (χ1v) is 7.23. The van der Waals surface area contributed by atoms with E-state index in [0.29, 0.717) is 12.2 Å². The van der Waals surface area contributed by atoms with Gasteiger partial charge in [0.25, 0.3) is 0 Å². The van der Waals surface area contributed by atoms with Crippen LogP contribution in [0.5, 0.6) is 0 Å². The van der Waals surface area contributed by atoms with E-state index in [-0.39, 0.29) is 23.0 Å². The largest absolute Gasteiger partial charge is 0.389 e. The van der Waals surface area contributed by atoms with E-state index in [1.54, 1.807) is 13.2 Å². The highest BCUT2D eigenvalue weighted by atomic mass is 32.1. The van der Waals surface area contributed by atoms with Gasteiger partial charge in [-0.3, -0.25) is 0 Å². The van der Waals surface area contributed by atoms with Crippen molar-refractivity contribution in [2.45, 2.75) is 44.5 Å². The average molecular weight is 297 g/mol. The summed E-state index contributed by atoms with van der Waals surface area (Å²) in [5, 5.41) is 0. The molecule has 2 rings (SSSR count). The van der Waals surface area contributed by atoms with E-state index >= 15 is 0 Å². The molecule has 2 N–H and O–H groups in total. The first-order chi connectivity index (χ1) is 9.58. The van der Waals surface area contributed by atoms with Crippen molar-refractivity contribution in [2.75, 3.05) is 7.11 Å². The van der Waals surface area contributed by atoms with E-state index in [1.165, 1.54) is 12.1 Å². The number of halogens is 1. The lowest BCUT2D eigenvalue weighted by Gasteiger charge is -2.28. The topological polar surface area (TPSA) is 44.5 Å². The van der Waals surface area contributed by atoms with E-state index in [0.717, 1.165) is 31.2 Å². The fraction of sp³-hybridized carbons (Fsp3) is 0.533. The van der Waals surface area contributed by atoms with Gasteiger partial charge in [0.2, 0.25) is 0 Å². The minimum Gasteiger partial charge on any atom is -0.389 e. The van der Waals surface area contributed by atoms with Crippen LogP contribution in [-0.2, 0) is 16.1 Å². The molecule has 0 heterocycles. The number of hydrogen-bond donors (Lipinski definition) is 1. The molecule has 2 atom stereocenters. The standard InChI is InChI=1S/C15H20FNO2S/c1-18-13-3-2-4-14(8-13)19-9-10-5-11(15(17)20)7-12(16)6-10/h5-7,13-14H,2-4,8-9H2,1H3,(H2,17,20). The van der Waals surface area contributed by atoms with Gasteiger partial charge in [0.1, 0.15) is 10.8 Å². The summed E-state index contributed by atoms with van der Waals surface area (Å²) in [5.74, 6) is -0.340. The molecule has 110 valence electrons. The van der Waals surface area contributed by atoms with Crippen molar-refractivity contribution in [3.63, 3.8) is 0 Å². The van der Waals surface area contributed by atoms with Crippen LogP contribution < -0.4 is 5.73 Å². The third-order valence-corrected chi connectivity index (χ3v) is 3.87. The Morgan fingerprint density at radius 1 is 1.35 bits per heavy atom. The summed E-state index contributed by atoms with van der Waals surface area (Å²) in [6.07, 6.45) is 4.55. The molecular weight excluding hydrogens is 277 g/mol. The molecule has 0 aromatic heterocycles. The first kappa shape index (κ1) is 15.4. The monoisotopic (exact) mass is 297 g/mol. The smallest absolute Gasteiger partial charge is 0.124 e. The predicted molar refractivity (Wildman–Crippen MR) is 80.1 cm³/mol. The maximum Gasteiger partial charge on any atom is 0.124 e. The summed E-state index contributed by atoms with van der Waals surface area (Å²) >= 11 is 4.88. The van der Waals surface area contributed by atoms with Gasteiger partial charge in [0.15, 0.2) is 0 Å². The van der Waals surface area contributed by atoms with Crippen LogP contribution >= 0.6 is 12.2 Å². The fourth-order valence-electron chi connectivity index (χ4n) is 2.56. The molecule has 0 bridgehead atoms. The summed E-state index contributed by atoms with van der Waals surface area (Å²) < 4.78 is 24.7. The molecule has 2 unspecified atom stereocenters. The molecule has 0 aliphatic heterocycles. The molecule has 3 nitrogen and oxygen atoms in total. The van der Waals surface area contributed by atoms with Crippen LogP contribution in [0.3, 0.4) is 0 Å². The van der Waals surface area contributed by atoms with Gasteiger partial charge >= 0.3 is 0 Å². The normalized spacial score (nSPS) is 22.7. The van der Waals surface area contributed by atoms with Crippen LogP contribution in [0.25, 0.3) is 0 Å². The Morgan fingerprint density at radius 3 is 2.80 bits per heavy atom. The molecule has 1 aromatic carbocycles. The highest BCUT2D eigenvalue weighted by Gasteiger charge is 2.22. The van der Waals surface area contributed by atoms with Gasteiger partial charge in [-0.25, -0.2) is 4.39 Å². The van der Waals surface area contributed by atoms with Crippen LogP contribution in [0.15, 0.2) is 18.2 Å². The Kier molecular flexibility index (Phi) is 5.46. The zero-order valence-corrected chi connectivity index (χ0v) is 12.4. The number of rotatable bonds is 5. The van der Waals surface area contributed by atoms with Crippen LogP contribution in [0.4, 0.5) is 4.39 Å². The Morgan fingerprint density at radius 2 is 2.10 bits per heavy atom. The second-order valence-corrected chi connectivity index (χ2v) is 5.61. The molecule has 0 radical (unpaired) electrons. The summed E-state index contributed by atoms with van der Waals surface area (Å²) in [6, 6.07) is 4.58. The first-order valence-electron chi connectivity index (χ1n) is 6.82. The molecule has 0 saturated heterocycles. The lowest BCUT2D eigenvalue weighted by atomic mass is 9.95. The van der Waals surface area contributed by atoms with Gasteiger partial charge in [-0.15, -0.1) is 0 Å². The number of thiocarbonyl (C=S) groups is 1. The molecule has 0 amide bonds. The van der Waals surface area contributed by atoms with Crippen molar-refractivity contribution in [3.8, 4) is 0 Å². The van der Waals surface area contributed by atoms with Gasteiger partial charge in [0, 0.05) is 12.7 Å². The van der Waals surface area contributed by atoms with Crippen LogP contribution in [0.1, 0.15) is 36.8 Å². The summed E-state index contributed by atoms with van der Waals surface area (Å²) in [4.78, 5) is 0.197. The number of hydrogen-bond acceptors (Lipinski definition) is 3. The predicted octanol–water partition coefficient (Wildman–Crippen LogP) is 2.93. The van der Waals surface area contributed by atoms with Crippen LogP contribution in [-0.4, -0.2) is 24.3 Å². The molecule has 20 heavy (non-hydrogen) atoms. The Balaban J connectivity index is 1.95. The van der Waals surface area contributed by atoms with Gasteiger partial charge < -0.3 is 15.2 Å². The van der Waals surface area contributed by atoms with E-state index < -0.39 is 0 Å². The molecule has 1 aromatic rings. The van der Waals surface area contributed by atoms with E-state index in [2.05, 4.69) is 0 Å². The molecule has 1 saturated carbocycles. The van der Waals surface area contributed by atoms with Gasteiger partial charge in [0.05, 0.1) is 18.8 Å². The number of nitrogens with two attached hydrogens (primary N) is 1. The highest BCUT2D eigenvalue weighted by Crippen LogP contribution is 2.24. The lowest BCUT2D eigenvalue weighted by molar-refractivity contribution is -0.0364. The minimum atomic E-state index is -0.340. The zero-order chi connectivity index (χ0) is 14.5. The van der Waals surface area contributed by atoms with Crippen molar-refractivity contribution in [1.29, 1.82) is 0 Å². The molecule has 1 aliphatic rings. The van der Waals surface area contributed by atoms with E-state index in [1.807, 2.05) is 0 Å². The summed E-state index contributed by atoms with van der Waals surface area (Å²) in [6.45, 7) is 0.370. The molecule has 0 spiro atoms. The third kappa shape index (κ3) is 4.23. The SMILES string of the molecule is COC1CCCC(OCc2cc(F)cc(C(N)=S)c2)C1. The Labute approximate surface area is 124 Å². The molecule has 1 aliphatic carbocycles. The molecular formula is C15H20FNO2S. The maximum absolute atomic E-state index is 13.5. The number of benzene rings is 1. The Bertz CT molecular complexity index is 481. The molecule has 5 heteroatoms. The van der Waals surface area contributed by atoms with Gasteiger partial charge in [-0.2, -0.15) is 0 Å². The molecule has 1 fully saturated rings. The number of ether oxygens (including phenoxy) is 2. The summed E-state index contributed by atoms with van der Waals surface area (Å²) in [7, 11) is 1.73. The van der Waals surface area contributed by atoms with Crippen LogP contribution in [0.2, 0.25) is 0 Å². The quantitative estimate of drug-likeness (QED) is 0.849. The maximum atomic E-state index is 13.5. The van der Waals surface area contributed by atoms with Gasteiger partial charge in [-0.05, 0) is 49.4 Å². The second-order valence-electron chi connectivity index (χ2n) is 5.17. The lowest BCUT2D eigenvalue weighted by Crippen LogP contribution is -2.27. The zero-order valence-electron chi connectivity index (χ0n) is 11.6. The average Bonchev–Trinajstić information content (AvgIpc) is 2.44. The van der Waals surface area contributed by atoms with Crippen molar-refractivity contribution in [1.82, 2.24) is 0 Å². The second kappa shape index (κ2) is 7.11. The van der Waals surface area contributed by atoms with Crippen molar-refractivity contribution >= 4 is 17.2 Å². The minimum absolute atomic E-state index is 0.172. The van der Waals surface area contributed by atoms with E-state index in [4.69, 9.17) is 27.4 Å². The third-order valence-electron chi connectivity index (χ3n) is 3.64. The fourth-order valence-corrected chi connectivity index (χ4v) is 2.68. The Hall–Kier alpha value is -1.04. The number of methoxy groups -OCH3 is 1. The van der Waals surface area contributed by atoms with E-state index in [9.17, 15) is 4.39 Å². The van der Waals surface area contributed by atoms with Crippen LogP contribution in [0, 0.1) is 5.82 Å². The van der Waals surface area contributed by atoms with Crippen molar-refractivity contribution in [2.24, 2.45) is 5.73 Å². The highest BCUT2D eigenvalue weighted by molar-refractivity contribution is 7.80. The van der Waals surface area contributed by atoms with Gasteiger partial charge in [-0.1, -0.05) is 12.2 Å². The summed E-state index contributed by atoms with van der Waals surface area (Å²) in [5.41, 5.74) is 6.83. The van der Waals surface area contributed by atoms with Crippen molar-refractivity contribution < 1.29 is 13.9 Å².